The van der Waals surface area contributed by atoms with Crippen LogP contribution in [-0.2, 0) is 14.3 Å². The Morgan fingerprint density at radius 1 is 1.07 bits per heavy atom. The first-order chi connectivity index (χ1) is 12.3. The molecule has 0 bridgehead atoms. The second kappa shape index (κ2) is 7.28. The van der Waals surface area contributed by atoms with Crippen LogP contribution in [0, 0.1) is 11.7 Å². The SMILES string of the molecule is CC(C)=C(/N=C(\C)c1ccc(Cl)c(F)c1)C1C(=O)C(C)(C)OC(C)(C)C1=O. The summed E-state index contributed by atoms with van der Waals surface area (Å²) in [6.07, 6.45) is 0. The average molecular weight is 394 g/mol. The Labute approximate surface area is 164 Å². The molecule has 1 aromatic carbocycles. The molecule has 1 heterocycles. The Kier molecular flexibility index (Phi) is 5.79. The first-order valence-corrected chi connectivity index (χ1v) is 9.12. The largest absolute Gasteiger partial charge is 0.354 e. The molecule has 0 amide bonds. The Morgan fingerprint density at radius 2 is 1.59 bits per heavy atom. The highest BCUT2D eigenvalue weighted by atomic mass is 35.5. The molecule has 1 aliphatic rings. The van der Waals surface area contributed by atoms with E-state index in [1.807, 2.05) is 0 Å². The fraction of sp³-hybridized carbons (Fsp3) is 0.476. The van der Waals surface area contributed by atoms with Gasteiger partial charge in [0.15, 0.2) is 11.6 Å². The summed E-state index contributed by atoms with van der Waals surface area (Å²) < 4.78 is 19.5. The van der Waals surface area contributed by atoms with Gasteiger partial charge >= 0.3 is 0 Å². The van der Waals surface area contributed by atoms with Crippen LogP contribution in [0.15, 0.2) is 34.5 Å². The van der Waals surface area contributed by atoms with Crippen molar-refractivity contribution in [1.29, 1.82) is 0 Å². The van der Waals surface area contributed by atoms with Gasteiger partial charge in [-0.2, -0.15) is 0 Å². The molecule has 1 aromatic rings. The highest BCUT2D eigenvalue weighted by Crippen LogP contribution is 2.38. The lowest BCUT2D eigenvalue weighted by molar-refractivity contribution is -0.187. The van der Waals surface area contributed by atoms with Crippen molar-refractivity contribution in [1.82, 2.24) is 0 Å². The van der Waals surface area contributed by atoms with Crippen LogP contribution >= 0.6 is 11.6 Å². The van der Waals surface area contributed by atoms with Crippen LogP contribution in [0.1, 0.15) is 54.0 Å². The number of rotatable bonds is 3. The molecule has 27 heavy (non-hydrogen) atoms. The third-order valence-corrected chi connectivity index (χ3v) is 4.94. The van der Waals surface area contributed by atoms with Gasteiger partial charge in [-0.3, -0.25) is 14.6 Å². The first kappa shape index (κ1) is 21.5. The second-order valence-corrected chi connectivity index (χ2v) is 8.40. The van der Waals surface area contributed by atoms with Crippen molar-refractivity contribution in [3.8, 4) is 0 Å². The van der Waals surface area contributed by atoms with Gasteiger partial charge in [-0.15, -0.1) is 0 Å². The summed E-state index contributed by atoms with van der Waals surface area (Å²) in [4.78, 5) is 30.5. The third kappa shape index (κ3) is 4.19. The van der Waals surface area contributed by atoms with Crippen LogP contribution in [-0.4, -0.2) is 28.5 Å². The molecule has 0 unspecified atom stereocenters. The fourth-order valence-electron chi connectivity index (χ4n) is 3.23. The van der Waals surface area contributed by atoms with E-state index in [1.165, 1.54) is 12.1 Å². The molecular weight excluding hydrogens is 369 g/mol. The summed E-state index contributed by atoms with van der Waals surface area (Å²) in [5, 5.41) is 0.0206. The Bertz CT molecular complexity index is 838. The number of benzene rings is 1. The summed E-state index contributed by atoms with van der Waals surface area (Å²) in [7, 11) is 0. The number of Topliss-reactive ketones (excluding diaryl/α,β-unsaturated/α-hetero) is 2. The lowest BCUT2D eigenvalue weighted by atomic mass is 9.76. The van der Waals surface area contributed by atoms with Gasteiger partial charge in [0, 0.05) is 5.71 Å². The molecule has 0 spiro atoms. The predicted octanol–water partition coefficient (Wildman–Crippen LogP) is 4.92. The van der Waals surface area contributed by atoms with E-state index in [-0.39, 0.29) is 16.6 Å². The van der Waals surface area contributed by atoms with Gasteiger partial charge in [0.05, 0.1) is 10.7 Å². The van der Waals surface area contributed by atoms with E-state index in [9.17, 15) is 14.0 Å². The van der Waals surface area contributed by atoms with Crippen molar-refractivity contribution >= 4 is 28.9 Å². The molecule has 146 valence electrons. The number of halogens is 2. The van der Waals surface area contributed by atoms with Crippen LogP contribution in [0.4, 0.5) is 4.39 Å². The minimum atomic E-state index is -1.11. The summed E-state index contributed by atoms with van der Waals surface area (Å²) in [5.74, 6) is -2.24. The lowest BCUT2D eigenvalue weighted by Crippen LogP contribution is -2.59. The molecule has 1 aliphatic heterocycles. The normalized spacial score (nSPS) is 20.0. The molecule has 0 radical (unpaired) electrons. The van der Waals surface area contributed by atoms with E-state index in [0.717, 1.165) is 5.57 Å². The maximum Gasteiger partial charge on any atom is 0.180 e. The van der Waals surface area contributed by atoms with Crippen LogP contribution in [0.25, 0.3) is 0 Å². The van der Waals surface area contributed by atoms with Crippen molar-refractivity contribution in [2.24, 2.45) is 10.9 Å². The minimum Gasteiger partial charge on any atom is -0.354 e. The van der Waals surface area contributed by atoms with Gasteiger partial charge in [-0.05, 0) is 66.2 Å². The fourth-order valence-corrected chi connectivity index (χ4v) is 3.35. The number of hydrogen-bond acceptors (Lipinski definition) is 4. The van der Waals surface area contributed by atoms with Crippen molar-refractivity contribution in [2.75, 3.05) is 0 Å². The molecule has 0 saturated carbocycles. The van der Waals surface area contributed by atoms with Crippen molar-refractivity contribution in [2.45, 2.75) is 59.7 Å². The minimum absolute atomic E-state index is 0.0206. The van der Waals surface area contributed by atoms with Crippen molar-refractivity contribution in [3.05, 3.63) is 45.9 Å². The maximum absolute atomic E-state index is 13.8. The van der Waals surface area contributed by atoms with Gasteiger partial charge in [-0.1, -0.05) is 23.2 Å². The van der Waals surface area contributed by atoms with E-state index >= 15 is 0 Å². The van der Waals surface area contributed by atoms with Crippen molar-refractivity contribution in [3.63, 3.8) is 0 Å². The number of carbonyl (C=O) groups excluding carboxylic acids is 2. The number of aliphatic imine (C=N–C) groups is 1. The molecule has 0 aromatic heterocycles. The van der Waals surface area contributed by atoms with E-state index < -0.39 is 22.9 Å². The van der Waals surface area contributed by atoms with E-state index in [2.05, 4.69) is 4.99 Å². The Hall–Kier alpha value is -1.85. The van der Waals surface area contributed by atoms with Gasteiger partial charge < -0.3 is 4.74 Å². The monoisotopic (exact) mass is 393 g/mol. The van der Waals surface area contributed by atoms with Crippen LogP contribution < -0.4 is 0 Å². The van der Waals surface area contributed by atoms with Gasteiger partial charge in [0.25, 0.3) is 0 Å². The van der Waals surface area contributed by atoms with Crippen LogP contribution in [0.2, 0.25) is 5.02 Å². The first-order valence-electron chi connectivity index (χ1n) is 8.75. The molecule has 1 fully saturated rings. The van der Waals surface area contributed by atoms with E-state index in [4.69, 9.17) is 16.3 Å². The van der Waals surface area contributed by atoms with Gasteiger partial charge in [0.2, 0.25) is 0 Å². The summed E-state index contributed by atoms with van der Waals surface area (Å²) >= 11 is 5.74. The maximum atomic E-state index is 13.8. The number of carbonyl (C=O) groups is 2. The molecule has 1 saturated heterocycles. The van der Waals surface area contributed by atoms with Crippen LogP contribution in [0.5, 0.6) is 0 Å². The number of ketones is 2. The highest BCUT2D eigenvalue weighted by Gasteiger charge is 2.53. The average Bonchev–Trinajstić information content (AvgIpc) is 2.53. The molecule has 0 atom stereocenters. The number of allylic oxidation sites excluding steroid dienone is 2. The molecule has 0 N–H and O–H groups in total. The standard InChI is InChI=1S/C21H25ClFNO3/c1-11(2)17(24-12(3)13-8-9-14(22)15(23)10-13)16-18(25)20(4,5)27-21(6,7)19(16)26/h8-10,16H,1-7H3/b24-12+. The third-order valence-electron chi connectivity index (χ3n) is 4.63. The zero-order valence-corrected chi connectivity index (χ0v) is 17.5. The second-order valence-electron chi connectivity index (χ2n) is 8.00. The summed E-state index contributed by atoms with van der Waals surface area (Å²) in [6, 6.07) is 4.38. The van der Waals surface area contributed by atoms with Gasteiger partial charge in [-0.25, -0.2) is 4.39 Å². The molecule has 0 aliphatic carbocycles. The quantitative estimate of drug-likeness (QED) is 0.540. The molecule has 2 rings (SSSR count). The van der Waals surface area contributed by atoms with E-state index in [0.29, 0.717) is 17.0 Å². The highest BCUT2D eigenvalue weighted by molar-refractivity contribution is 6.30. The van der Waals surface area contributed by atoms with E-state index in [1.54, 1.807) is 54.5 Å². The topological polar surface area (TPSA) is 55.7 Å². The smallest absolute Gasteiger partial charge is 0.180 e. The summed E-state index contributed by atoms with van der Waals surface area (Å²) in [5.41, 5.74) is -0.0890. The predicted molar refractivity (Wildman–Crippen MR) is 105 cm³/mol. The molecule has 4 nitrogen and oxygen atoms in total. The van der Waals surface area contributed by atoms with Crippen LogP contribution in [0.3, 0.4) is 0 Å². The zero-order chi connectivity index (χ0) is 20.7. The molecular formula is C21H25ClFNO3. The Balaban J connectivity index is 2.57. The molecule has 6 heteroatoms. The Morgan fingerprint density at radius 3 is 2.04 bits per heavy atom. The van der Waals surface area contributed by atoms with Crippen molar-refractivity contribution < 1.29 is 18.7 Å². The lowest BCUT2D eigenvalue weighted by Gasteiger charge is -2.42. The number of ether oxygens (including phenoxy) is 1. The number of hydrogen-bond donors (Lipinski definition) is 0. The summed E-state index contributed by atoms with van der Waals surface area (Å²) in [6.45, 7) is 11.9. The zero-order valence-electron chi connectivity index (χ0n) is 16.7. The number of nitrogens with zero attached hydrogens (tertiary/aromatic N) is 1. The van der Waals surface area contributed by atoms with Gasteiger partial charge in [0.1, 0.15) is 22.9 Å².